The molecule has 2 unspecified atom stereocenters. The van der Waals surface area contributed by atoms with Crippen molar-refractivity contribution in [1.29, 1.82) is 0 Å². The molecule has 1 rings (SSSR count). The van der Waals surface area contributed by atoms with Crippen molar-refractivity contribution < 1.29 is 14.3 Å². The number of ketones is 1. The number of ether oxygens (including phenoxy) is 2. The molecular formula is C15H29NO3. The predicted octanol–water partition coefficient (Wildman–Crippen LogP) is 2.12. The maximum atomic E-state index is 12.5. The van der Waals surface area contributed by atoms with Crippen molar-refractivity contribution in [3.8, 4) is 0 Å². The molecule has 1 aliphatic rings. The van der Waals surface area contributed by atoms with Crippen LogP contribution in [0.2, 0.25) is 0 Å². The van der Waals surface area contributed by atoms with Crippen LogP contribution in [-0.2, 0) is 14.3 Å². The Labute approximate surface area is 117 Å². The van der Waals surface area contributed by atoms with E-state index < -0.39 is 11.2 Å². The van der Waals surface area contributed by atoms with Gasteiger partial charge in [-0.3, -0.25) is 9.69 Å². The van der Waals surface area contributed by atoms with Gasteiger partial charge in [-0.25, -0.2) is 0 Å². The van der Waals surface area contributed by atoms with Crippen LogP contribution in [0.3, 0.4) is 0 Å². The van der Waals surface area contributed by atoms with Gasteiger partial charge in [0.25, 0.3) is 0 Å². The molecule has 4 heteroatoms. The minimum absolute atomic E-state index is 0.0817. The summed E-state index contributed by atoms with van der Waals surface area (Å²) in [6.07, 6.45) is 0. The van der Waals surface area contributed by atoms with Crippen LogP contribution in [0.15, 0.2) is 0 Å². The Kier molecular flexibility index (Phi) is 5.15. The Morgan fingerprint density at radius 1 is 1.37 bits per heavy atom. The van der Waals surface area contributed by atoms with Gasteiger partial charge in [0.05, 0.1) is 18.1 Å². The molecule has 19 heavy (non-hydrogen) atoms. The highest BCUT2D eigenvalue weighted by atomic mass is 16.5. The Bertz CT molecular complexity index is 325. The van der Waals surface area contributed by atoms with E-state index in [-0.39, 0.29) is 11.7 Å². The Morgan fingerprint density at radius 3 is 2.32 bits per heavy atom. The molecule has 0 amide bonds. The molecule has 0 aromatic carbocycles. The standard InChI is InChI=1S/C15H29NO3/c1-8-16(11(2)10-18-7)9-12-13(17)15(5,6)19-14(12,3)4/h11-12H,8-10H2,1-7H3. The Morgan fingerprint density at radius 2 is 1.95 bits per heavy atom. The summed E-state index contributed by atoms with van der Waals surface area (Å²) in [5.74, 6) is 0.127. The lowest BCUT2D eigenvalue weighted by atomic mass is 9.85. The van der Waals surface area contributed by atoms with E-state index in [2.05, 4.69) is 18.7 Å². The second-order valence-corrected chi connectivity index (χ2v) is 6.52. The molecule has 112 valence electrons. The fourth-order valence-corrected chi connectivity index (χ4v) is 3.02. The molecule has 4 nitrogen and oxygen atoms in total. The van der Waals surface area contributed by atoms with Gasteiger partial charge >= 0.3 is 0 Å². The van der Waals surface area contributed by atoms with Crippen LogP contribution in [0.1, 0.15) is 41.5 Å². The van der Waals surface area contributed by atoms with E-state index in [1.54, 1.807) is 7.11 Å². The molecule has 1 heterocycles. The fourth-order valence-electron chi connectivity index (χ4n) is 3.02. The normalized spacial score (nSPS) is 26.9. The third-order valence-electron chi connectivity index (χ3n) is 4.12. The molecule has 1 aliphatic heterocycles. The second-order valence-electron chi connectivity index (χ2n) is 6.52. The highest BCUT2D eigenvalue weighted by Gasteiger charge is 2.53. The van der Waals surface area contributed by atoms with Crippen LogP contribution in [0.25, 0.3) is 0 Å². The molecule has 0 bridgehead atoms. The summed E-state index contributed by atoms with van der Waals surface area (Å²) >= 11 is 0. The summed E-state index contributed by atoms with van der Waals surface area (Å²) in [6.45, 7) is 14.3. The molecule has 0 N–H and O–H groups in total. The minimum Gasteiger partial charge on any atom is -0.383 e. The Balaban J connectivity index is 2.81. The van der Waals surface area contributed by atoms with Crippen molar-refractivity contribution in [3.05, 3.63) is 0 Å². The fraction of sp³-hybridized carbons (Fsp3) is 0.933. The van der Waals surface area contributed by atoms with Crippen LogP contribution in [0.4, 0.5) is 0 Å². The number of nitrogens with zero attached hydrogens (tertiary/aromatic N) is 1. The molecule has 0 radical (unpaired) electrons. The molecule has 1 fully saturated rings. The van der Waals surface area contributed by atoms with E-state index in [4.69, 9.17) is 9.47 Å². The molecule has 0 aromatic heterocycles. The molecule has 0 aliphatic carbocycles. The summed E-state index contributed by atoms with van der Waals surface area (Å²) in [4.78, 5) is 14.8. The maximum Gasteiger partial charge on any atom is 0.171 e. The average molecular weight is 271 g/mol. The quantitative estimate of drug-likeness (QED) is 0.742. The second kappa shape index (κ2) is 5.90. The minimum atomic E-state index is -0.669. The summed E-state index contributed by atoms with van der Waals surface area (Å²) < 4.78 is 11.2. The van der Waals surface area contributed by atoms with E-state index in [0.717, 1.165) is 13.1 Å². The van der Waals surface area contributed by atoms with Gasteiger partial charge in [0.2, 0.25) is 0 Å². The van der Waals surface area contributed by atoms with Gasteiger partial charge in [-0.05, 0) is 41.2 Å². The maximum absolute atomic E-state index is 12.5. The number of carbonyl (C=O) groups is 1. The van der Waals surface area contributed by atoms with Crippen molar-refractivity contribution in [1.82, 2.24) is 4.90 Å². The molecule has 0 spiro atoms. The number of methoxy groups -OCH3 is 1. The van der Waals surface area contributed by atoms with Crippen LogP contribution in [-0.4, -0.2) is 54.7 Å². The molecule has 2 atom stereocenters. The monoisotopic (exact) mass is 271 g/mol. The zero-order valence-electron chi connectivity index (χ0n) is 13.4. The highest BCUT2D eigenvalue weighted by molar-refractivity contribution is 5.91. The van der Waals surface area contributed by atoms with Crippen LogP contribution in [0, 0.1) is 5.92 Å². The van der Waals surface area contributed by atoms with Crippen molar-refractivity contribution in [2.75, 3.05) is 26.8 Å². The third-order valence-corrected chi connectivity index (χ3v) is 4.12. The number of Topliss-reactive ketones (excluding diaryl/α,β-unsaturated/α-hetero) is 1. The first-order chi connectivity index (χ1) is 8.65. The molecular weight excluding hydrogens is 242 g/mol. The molecule has 1 saturated heterocycles. The molecule has 0 saturated carbocycles. The van der Waals surface area contributed by atoms with Gasteiger partial charge in [-0.15, -0.1) is 0 Å². The van der Waals surface area contributed by atoms with Crippen LogP contribution < -0.4 is 0 Å². The summed E-state index contributed by atoms with van der Waals surface area (Å²) in [6, 6.07) is 0.308. The Hall–Kier alpha value is -0.450. The molecule has 0 aromatic rings. The van der Waals surface area contributed by atoms with Crippen molar-refractivity contribution >= 4 is 5.78 Å². The van der Waals surface area contributed by atoms with Gasteiger partial charge < -0.3 is 9.47 Å². The predicted molar refractivity (Wildman–Crippen MR) is 76.3 cm³/mol. The van der Waals surface area contributed by atoms with Crippen molar-refractivity contribution in [3.63, 3.8) is 0 Å². The van der Waals surface area contributed by atoms with Crippen molar-refractivity contribution in [2.45, 2.75) is 58.8 Å². The van der Waals surface area contributed by atoms with E-state index in [9.17, 15) is 4.79 Å². The number of likely N-dealkylation sites (N-methyl/N-ethyl adjacent to an activating group) is 1. The number of carbonyl (C=O) groups excluding carboxylic acids is 1. The summed E-state index contributed by atoms with van der Waals surface area (Å²) in [5.41, 5.74) is -1.07. The lowest BCUT2D eigenvalue weighted by Crippen LogP contribution is -2.45. The van der Waals surface area contributed by atoms with Gasteiger partial charge in [0.1, 0.15) is 5.60 Å². The first-order valence-corrected chi connectivity index (χ1v) is 7.13. The van der Waals surface area contributed by atoms with Crippen LogP contribution in [0.5, 0.6) is 0 Å². The number of rotatable bonds is 6. The van der Waals surface area contributed by atoms with Gasteiger partial charge in [-0.1, -0.05) is 6.92 Å². The van der Waals surface area contributed by atoms with Crippen LogP contribution >= 0.6 is 0 Å². The third kappa shape index (κ3) is 3.56. The van der Waals surface area contributed by atoms with E-state index in [1.165, 1.54) is 0 Å². The van der Waals surface area contributed by atoms with E-state index >= 15 is 0 Å². The zero-order valence-corrected chi connectivity index (χ0v) is 13.4. The topological polar surface area (TPSA) is 38.8 Å². The lowest BCUT2D eigenvalue weighted by Gasteiger charge is -2.33. The zero-order chi connectivity index (χ0) is 14.8. The summed E-state index contributed by atoms with van der Waals surface area (Å²) in [5, 5.41) is 0. The van der Waals surface area contributed by atoms with Gasteiger partial charge in [0, 0.05) is 19.7 Å². The lowest BCUT2D eigenvalue weighted by molar-refractivity contribution is -0.132. The number of hydrogen-bond acceptors (Lipinski definition) is 4. The number of hydrogen-bond donors (Lipinski definition) is 0. The van der Waals surface area contributed by atoms with Crippen molar-refractivity contribution in [2.24, 2.45) is 5.92 Å². The summed E-state index contributed by atoms with van der Waals surface area (Å²) in [7, 11) is 1.71. The van der Waals surface area contributed by atoms with E-state index in [0.29, 0.717) is 12.6 Å². The SMILES string of the molecule is CCN(CC1C(=O)C(C)(C)OC1(C)C)C(C)COC. The van der Waals surface area contributed by atoms with Gasteiger partial charge in [-0.2, -0.15) is 0 Å². The van der Waals surface area contributed by atoms with Gasteiger partial charge in [0.15, 0.2) is 5.78 Å². The highest BCUT2D eigenvalue weighted by Crippen LogP contribution is 2.39. The largest absolute Gasteiger partial charge is 0.383 e. The average Bonchev–Trinajstić information content (AvgIpc) is 2.42. The van der Waals surface area contributed by atoms with E-state index in [1.807, 2.05) is 27.7 Å². The first-order valence-electron chi connectivity index (χ1n) is 7.13. The smallest absolute Gasteiger partial charge is 0.171 e. The first kappa shape index (κ1) is 16.6.